The Morgan fingerprint density at radius 2 is 2.16 bits per heavy atom. The predicted molar refractivity (Wildman–Crippen MR) is 71.6 cm³/mol. The van der Waals surface area contributed by atoms with E-state index in [4.69, 9.17) is 9.84 Å². The van der Waals surface area contributed by atoms with E-state index in [1.807, 2.05) is 47.5 Å². The number of esters is 1. The molecule has 0 bridgehead atoms. The van der Waals surface area contributed by atoms with E-state index in [9.17, 15) is 4.79 Å². The van der Waals surface area contributed by atoms with Crippen molar-refractivity contribution in [1.82, 2.24) is 4.90 Å². The molecule has 0 amide bonds. The summed E-state index contributed by atoms with van der Waals surface area (Å²) in [7, 11) is 0. The lowest BCUT2D eigenvalue weighted by molar-refractivity contribution is -0.159. The van der Waals surface area contributed by atoms with Crippen LogP contribution < -0.4 is 0 Å². The van der Waals surface area contributed by atoms with E-state index in [1.165, 1.54) is 6.92 Å². The Morgan fingerprint density at radius 1 is 1.42 bits per heavy atom. The van der Waals surface area contributed by atoms with Crippen LogP contribution in [-0.2, 0) is 16.1 Å². The van der Waals surface area contributed by atoms with Crippen molar-refractivity contribution in [3.8, 4) is 0 Å². The van der Waals surface area contributed by atoms with Crippen LogP contribution in [0.4, 0.5) is 0 Å². The largest absolute Gasteiger partial charge is 0.433 e. The highest BCUT2D eigenvalue weighted by atomic mass is 16.6. The van der Waals surface area contributed by atoms with E-state index in [-0.39, 0.29) is 0 Å². The summed E-state index contributed by atoms with van der Waals surface area (Å²) >= 11 is 0. The van der Waals surface area contributed by atoms with Crippen molar-refractivity contribution in [2.24, 2.45) is 0 Å². The van der Waals surface area contributed by atoms with E-state index in [0.717, 1.165) is 5.56 Å². The first-order valence-electron chi connectivity index (χ1n) is 6.21. The second-order valence-corrected chi connectivity index (χ2v) is 4.41. The highest BCUT2D eigenvalue weighted by molar-refractivity contribution is 5.88. The fraction of sp³-hybridized carbons (Fsp3) is 0.267. The number of allylic oxidation sites excluding steroid dienone is 1. The molecule has 1 heterocycles. The number of nitrogens with zero attached hydrogens (tertiary/aromatic N) is 1. The zero-order valence-electron chi connectivity index (χ0n) is 10.8. The van der Waals surface area contributed by atoms with Crippen molar-refractivity contribution in [2.45, 2.75) is 26.2 Å². The van der Waals surface area contributed by atoms with Gasteiger partial charge < -0.3 is 14.7 Å². The summed E-state index contributed by atoms with van der Waals surface area (Å²) in [5.41, 5.74) is 1.70. The molecule has 2 rings (SSSR count). The molecular weight excluding hydrogens is 242 g/mol. The first-order valence-corrected chi connectivity index (χ1v) is 6.21. The summed E-state index contributed by atoms with van der Waals surface area (Å²) in [5, 5.41) is 9.05. The van der Waals surface area contributed by atoms with Crippen LogP contribution in [0, 0.1) is 0 Å². The average molecular weight is 259 g/mol. The van der Waals surface area contributed by atoms with Crippen LogP contribution in [0.1, 0.15) is 18.9 Å². The number of rotatable bonds is 4. The van der Waals surface area contributed by atoms with E-state index in [0.29, 0.717) is 18.5 Å². The van der Waals surface area contributed by atoms with Crippen LogP contribution in [0.15, 0.2) is 54.4 Å². The van der Waals surface area contributed by atoms with E-state index in [2.05, 4.69) is 0 Å². The van der Waals surface area contributed by atoms with Gasteiger partial charge in [0.1, 0.15) is 0 Å². The molecule has 1 N–H and O–H groups in total. The third kappa shape index (κ3) is 3.96. The molecule has 1 atom stereocenters. The van der Waals surface area contributed by atoms with Gasteiger partial charge >= 0.3 is 5.97 Å². The molecule has 0 saturated heterocycles. The van der Waals surface area contributed by atoms with Crippen molar-refractivity contribution in [3.63, 3.8) is 0 Å². The minimum Gasteiger partial charge on any atom is -0.433 e. The average Bonchev–Trinajstić information content (AvgIpc) is 2.39. The summed E-state index contributed by atoms with van der Waals surface area (Å²) in [4.78, 5) is 13.6. The molecule has 1 aliphatic rings. The van der Waals surface area contributed by atoms with Crippen LogP contribution >= 0.6 is 0 Å². The number of aliphatic hydroxyl groups excluding tert-OH is 1. The van der Waals surface area contributed by atoms with Gasteiger partial charge in [0, 0.05) is 25.4 Å². The summed E-state index contributed by atoms with van der Waals surface area (Å²) in [6, 6.07) is 10.00. The van der Waals surface area contributed by atoms with Gasteiger partial charge in [-0.05, 0) is 12.5 Å². The van der Waals surface area contributed by atoms with Gasteiger partial charge in [0.25, 0.3) is 0 Å². The molecule has 0 aromatic heterocycles. The molecule has 0 saturated carbocycles. The molecular formula is C15H17NO3. The molecule has 100 valence electrons. The number of carbonyl (C=O) groups excluding carboxylic acids is 1. The lowest BCUT2D eigenvalue weighted by Crippen LogP contribution is -2.20. The van der Waals surface area contributed by atoms with E-state index < -0.39 is 12.3 Å². The van der Waals surface area contributed by atoms with Crippen LogP contribution in [0.2, 0.25) is 0 Å². The lowest BCUT2D eigenvalue weighted by atomic mass is 10.1. The summed E-state index contributed by atoms with van der Waals surface area (Å²) in [5.74, 6) is -0.475. The molecule has 1 aliphatic heterocycles. The Morgan fingerprint density at radius 3 is 2.84 bits per heavy atom. The van der Waals surface area contributed by atoms with E-state index >= 15 is 0 Å². The maximum absolute atomic E-state index is 11.7. The number of hydrogen-bond acceptors (Lipinski definition) is 4. The van der Waals surface area contributed by atoms with Crippen molar-refractivity contribution >= 4 is 5.97 Å². The lowest BCUT2D eigenvalue weighted by Gasteiger charge is -2.21. The summed E-state index contributed by atoms with van der Waals surface area (Å²) < 4.78 is 4.78. The van der Waals surface area contributed by atoms with Crippen molar-refractivity contribution in [2.75, 3.05) is 0 Å². The fourth-order valence-electron chi connectivity index (χ4n) is 1.87. The normalized spacial score (nSPS) is 15.9. The monoisotopic (exact) mass is 259 g/mol. The first kappa shape index (κ1) is 13.4. The molecule has 0 fully saturated rings. The molecule has 0 spiro atoms. The number of carbonyl (C=O) groups is 1. The van der Waals surface area contributed by atoms with Crippen LogP contribution in [0.5, 0.6) is 0 Å². The van der Waals surface area contributed by atoms with Crippen molar-refractivity contribution < 1.29 is 14.6 Å². The van der Waals surface area contributed by atoms with Gasteiger partial charge in [-0.1, -0.05) is 36.4 Å². The van der Waals surface area contributed by atoms with Gasteiger partial charge in [-0.25, -0.2) is 4.79 Å². The molecule has 4 nitrogen and oxygen atoms in total. The van der Waals surface area contributed by atoms with Crippen molar-refractivity contribution in [1.29, 1.82) is 0 Å². The van der Waals surface area contributed by atoms with Gasteiger partial charge in [-0.15, -0.1) is 0 Å². The topological polar surface area (TPSA) is 49.8 Å². The highest BCUT2D eigenvalue weighted by Gasteiger charge is 2.16. The Balaban J connectivity index is 2.02. The van der Waals surface area contributed by atoms with Crippen LogP contribution in [0.25, 0.3) is 0 Å². The number of benzene rings is 1. The SMILES string of the molecule is CC(O)OC(=O)C1=CN(Cc2ccccc2)C=CC1. The second kappa shape index (κ2) is 6.20. The number of aliphatic hydroxyl groups is 1. The molecule has 19 heavy (non-hydrogen) atoms. The zero-order valence-corrected chi connectivity index (χ0v) is 10.8. The Bertz CT molecular complexity index is 491. The quantitative estimate of drug-likeness (QED) is 0.665. The third-order valence-corrected chi connectivity index (χ3v) is 2.70. The molecule has 1 aromatic rings. The minimum absolute atomic E-state index is 0.475. The minimum atomic E-state index is -1.08. The van der Waals surface area contributed by atoms with Crippen LogP contribution in [-0.4, -0.2) is 22.3 Å². The summed E-state index contributed by atoms with van der Waals surface area (Å²) in [6.45, 7) is 2.11. The van der Waals surface area contributed by atoms with Gasteiger partial charge in [-0.2, -0.15) is 0 Å². The van der Waals surface area contributed by atoms with E-state index in [1.54, 1.807) is 6.20 Å². The fourth-order valence-corrected chi connectivity index (χ4v) is 1.87. The number of ether oxygens (including phenoxy) is 1. The maximum Gasteiger partial charge on any atom is 0.338 e. The first-order chi connectivity index (χ1) is 9.15. The molecule has 0 radical (unpaired) electrons. The van der Waals surface area contributed by atoms with Crippen molar-refractivity contribution in [3.05, 3.63) is 59.9 Å². The Labute approximate surface area is 112 Å². The maximum atomic E-state index is 11.7. The molecule has 0 aliphatic carbocycles. The zero-order chi connectivity index (χ0) is 13.7. The molecule has 1 aromatic carbocycles. The van der Waals surface area contributed by atoms with Gasteiger partial charge in [0.05, 0.1) is 5.57 Å². The molecule has 1 unspecified atom stereocenters. The highest BCUT2D eigenvalue weighted by Crippen LogP contribution is 2.16. The number of hydrogen-bond donors (Lipinski definition) is 1. The summed E-state index contributed by atoms with van der Waals surface area (Å²) in [6.07, 6.45) is 5.05. The Hall–Kier alpha value is -2.07. The van der Waals surface area contributed by atoms with Gasteiger partial charge in [-0.3, -0.25) is 0 Å². The third-order valence-electron chi connectivity index (χ3n) is 2.70. The smallest absolute Gasteiger partial charge is 0.338 e. The van der Waals surface area contributed by atoms with Gasteiger partial charge in [0.2, 0.25) is 0 Å². The predicted octanol–water partition coefficient (Wildman–Crippen LogP) is 2.17. The van der Waals surface area contributed by atoms with Gasteiger partial charge in [0.15, 0.2) is 6.29 Å². The Kier molecular flexibility index (Phi) is 4.36. The molecule has 4 heteroatoms. The standard InChI is InChI=1S/C15H17NO3/c1-12(17)19-15(18)14-8-5-9-16(11-14)10-13-6-3-2-4-7-13/h2-7,9,11-12,17H,8,10H2,1H3. The van der Waals surface area contributed by atoms with Crippen LogP contribution in [0.3, 0.4) is 0 Å². The second-order valence-electron chi connectivity index (χ2n) is 4.41.